The van der Waals surface area contributed by atoms with E-state index in [-0.39, 0.29) is 6.04 Å². The van der Waals surface area contributed by atoms with Crippen LogP contribution in [-0.4, -0.2) is 6.04 Å². The minimum atomic E-state index is 0.246. The molecular weight excluding hydrogens is 218 g/mol. The Balaban J connectivity index is 2.09. The summed E-state index contributed by atoms with van der Waals surface area (Å²) < 4.78 is 0. The largest absolute Gasteiger partial charge is 0.327 e. The molecule has 0 radical (unpaired) electrons. The summed E-state index contributed by atoms with van der Waals surface area (Å²) in [5.74, 6) is 0. The lowest BCUT2D eigenvalue weighted by Gasteiger charge is -2.13. The Morgan fingerprint density at radius 2 is 1.89 bits per heavy atom. The van der Waals surface area contributed by atoms with Crippen LogP contribution < -0.4 is 5.73 Å². The quantitative estimate of drug-likeness (QED) is 0.597. The highest BCUT2D eigenvalue weighted by Crippen LogP contribution is 2.20. The summed E-state index contributed by atoms with van der Waals surface area (Å²) in [6.45, 7) is 3.74. The first-order chi connectivity index (χ1) is 8.81. The maximum absolute atomic E-state index is 6.20. The van der Waals surface area contributed by atoms with Gasteiger partial charge in [-0.15, -0.1) is 6.58 Å². The molecule has 1 unspecified atom stereocenters. The van der Waals surface area contributed by atoms with Gasteiger partial charge in [-0.05, 0) is 42.0 Å². The second kappa shape index (κ2) is 6.36. The molecule has 1 heteroatoms. The standard InChI is InChI=1S/C17H21N/c1-2-3-4-11-16(18)13-15-10-7-9-14-8-5-6-12-17(14)15/h2,5-10,12,16H,1,3-4,11,13,18H2. The molecule has 2 aromatic rings. The summed E-state index contributed by atoms with van der Waals surface area (Å²) in [6, 6.07) is 15.2. The lowest BCUT2D eigenvalue weighted by Crippen LogP contribution is -2.22. The zero-order valence-electron chi connectivity index (χ0n) is 10.8. The molecule has 0 aliphatic heterocycles. The van der Waals surface area contributed by atoms with Gasteiger partial charge < -0.3 is 5.73 Å². The summed E-state index contributed by atoms with van der Waals surface area (Å²) in [6.07, 6.45) is 6.18. The predicted octanol–water partition coefficient (Wildman–Crippen LogP) is 4.07. The number of fused-ring (bicyclic) bond motifs is 1. The van der Waals surface area contributed by atoms with E-state index in [1.165, 1.54) is 16.3 Å². The van der Waals surface area contributed by atoms with Crippen molar-refractivity contribution in [2.75, 3.05) is 0 Å². The fourth-order valence-electron chi connectivity index (χ4n) is 2.38. The van der Waals surface area contributed by atoms with Crippen LogP contribution in [0.5, 0.6) is 0 Å². The molecule has 1 nitrogen and oxygen atoms in total. The molecule has 0 saturated carbocycles. The molecule has 0 heterocycles. The number of nitrogens with two attached hydrogens (primary N) is 1. The Hall–Kier alpha value is -1.60. The molecule has 0 aromatic heterocycles. The first kappa shape index (κ1) is 12.8. The van der Waals surface area contributed by atoms with Gasteiger partial charge in [0.1, 0.15) is 0 Å². The maximum Gasteiger partial charge on any atom is 0.00796 e. The number of hydrogen-bond acceptors (Lipinski definition) is 1. The van der Waals surface area contributed by atoms with Gasteiger partial charge in [0.15, 0.2) is 0 Å². The molecule has 18 heavy (non-hydrogen) atoms. The van der Waals surface area contributed by atoms with Crippen molar-refractivity contribution in [3.63, 3.8) is 0 Å². The number of rotatable bonds is 6. The molecular formula is C17H21N. The smallest absolute Gasteiger partial charge is 0.00796 e. The molecule has 0 fully saturated rings. The van der Waals surface area contributed by atoms with Gasteiger partial charge in [0.05, 0.1) is 0 Å². The summed E-state index contributed by atoms with van der Waals surface area (Å²) >= 11 is 0. The van der Waals surface area contributed by atoms with Crippen molar-refractivity contribution in [1.82, 2.24) is 0 Å². The SMILES string of the molecule is C=CCCCC(N)Cc1cccc2ccccc12. The van der Waals surface area contributed by atoms with Crippen molar-refractivity contribution >= 4 is 10.8 Å². The Kier molecular flexibility index (Phi) is 4.54. The average molecular weight is 239 g/mol. The van der Waals surface area contributed by atoms with Gasteiger partial charge in [0, 0.05) is 6.04 Å². The summed E-state index contributed by atoms with van der Waals surface area (Å²) in [7, 11) is 0. The lowest BCUT2D eigenvalue weighted by atomic mass is 9.97. The lowest BCUT2D eigenvalue weighted by molar-refractivity contribution is 0.586. The van der Waals surface area contributed by atoms with Gasteiger partial charge in [0.25, 0.3) is 0 Å². The fraction of sp³-hybridized carbons (Fsp3) is 0.294. The molecule has 2 rings (SSSR count). The molecule has 2 aromatic carbocycles. The van der Waals surface area contributed by atoms with Crippen LogP contribution in [0.1, 0.15) is 24.8 Å². The van der Waals surface area contributed by atoms with E-state index in [0.717, 1.165) is 25.7 Å². The molecule has 0 spiro atoms. The molecule has 0 aliphatic rings. The molecule has 0 saturated heterocycles. The fourth-order valence-corrected chi connectivity index (χ4v) is 2.38. The van der Waals surface area contributed by atoms with Crippen LogP contribution in [0.3, 0.4) is 0 Å². The van der Waals surface area contributed by atoms with Crippen LogP contribution in [0.2, 0.25) is 0 Å². The third-order valence-electron chi connectivity index (χ3n) is 3.35. The Morgan fingerprint density at radius 3 is 2.72 bits per heavy atom. The molecule has 0 aliphatic carbocycles. The van der Waals surface area contributed by atoms with Crippen molar-refractivity contribution in [3.05, 3.63) is 60.7 Å². The second-order valence-electron chi connectivity index (χ2n) is 4.82. The molecule has 94 valence electrons. The predicted molar refractivity (Wildman–Crippen MR) is 79.7 cm³/mol. The summed E-state index contributed by atoms with van der Waals surface area (Å²) in [5, 5.41) is 2.63. The Labute approximate surface area is 109 Å². The van der Waals surface area contributed by atoms with Crippen molar-refractivity contribution in [2.45, 2.75) is 31.7 Å². The third kappa shape index (κ3) is 3.21. The Morgan fingerprint density at radius 1 is 1.11 bits per heavy atom. The van der Waals surface area contributed by atoms with Gasteiger partial charge in [-0.2, -0.15) is 0 Å². The van der Waals surface area contributed by atoms with Gasteiger partial charge in [-0.25, -0.2) is 0 Å². The van der Waals surface area contributed by atoms with E-state index in [4.69, 9.17) is 5.73 Å². The van der Waals surface area contributed by atoms with Crippen molar-refractivity contribution in [1.29, 1.82) is 0 Å². The van der Waals surface area contributed by atoms with Gasteiger partial charge in [0.2, 0.25) is 0 Å². The Bertz CT molecular complexity index is 511. The topological polar surface area (TPSA) is 26.0 Å². The van der Waals surface area contributed by atoms with E-state index >= 15 is 0 Å². The maximum atomic E-state index is 6.20. The van der Waals surface area contributed by atoms with E-state index in [0.29, 0.717) is 0 Å². The zero-order chi connectivity index (χ0) is 12.8. The molecule has 1 atom stereocenters. The van der Waals surface area contributed by atoms with E-state index in [1.54, 1.807) is 0 Å². The van der Waals surface area contributed by atoms with Crippen LogP contribution in [0.4, 0.5) is 0 Å². The number of benzene rings is 2. The van der Waals surface area contributed by atoms with E-state index in [2.05, 4.69) is 49.0 Å². The van der Waals surface area contributed by atoms with Crippen LogP contribution in [0.25, 0.3) is 10.8 Å². The van der Waals surface area contributed by atoms with Crippen LogP contribution in [-0.2, 0) is 6.42 Å². The van der Waals surface area contributed by atoms with Crippen LogP contribution >= 0.6 is 0 Å². The highest BCUT2D eigenvalue weighted by molar-refractivity contribution is 5.85. The van der Waals surface area contributed by atoms with Gasteiger partial charge >= 0.3 is 0 Å². The number of hydrogen-bond donors (Lipinski definition) is 1. The van der Waals surface area contributed by atoms with Crippen LogP contribution in [0, 0.1) is 0 Å². The molecule has 2 N–H and O–H groups in total. The summed E-state index contributed by atoms with van der Waals surface area (Å²) in [4.78, 5) is 0. The van der Waals surface area contributed by atoms with E-state index in [9.17, 15) is 0 Å². The normalized spacial score (nSPS) is 12.5. The van der Waals surface area contributed by atoms with E-state index in [1.807, 2.05) is 6.08 Å². The molecule has 0 bridgehead atoms. The van der Waals surface area contributed by atoms with Crippen molar-refractivity contribution in [3.8, 4) is 0 Å². The highest BCUT2D eigenvalue weighted by atomic mass is 14.6. The second-order valence-corrected chi connectivity index (χ2v) is 4.82. The minimum Gasteiger partial charge on any atom is -0.327 e. The zero-order valence-corrected chi connectivity index (χ0v) is 10.8. The first-order valence-corrected chi connectivity index (χ1v) is 6.64. The number of unbranched alkanes of at least 4 members (excludes halogenated alkanes) is 1. The first-order valence-electron chi connectivity index (χ1n) is 6.64. The van der Waals surface area contributed by atoms with Crippen LogP contribution in [0.15, 0.2) is 55.1 Å². The molecule has 0 amide bonds. The number of allylic oxidation sites excluding steroid dienone is 1. The highest BCUT2D eigenvalue weighted by Gasteiger charge is 2.06. The van der Waals surface area contributed by atoms with Crippen molar-refractivity contribution < 1.29 is 0 Å². The van der Waals surface area contributed by atoms with Gasteiger partial charge in [-0.3, -0.25) is 0 Å². The third-order valence-corrected chi connectivity index (χ3v) is 3.35. The van der Waals surface area contributed by atoms with E-state index < -0.39 is 0 Å². The van der Waals surface area contributed by atoms with Crippen molar-refractivity contribution in [2.24, 2.45) is 5.73 Å². The monoisotopic (exact) mass is 239 g/mol. The summed E-state index contributed by atoms with van der Waals surface area (Å²) in [5.41, 5.74) is 7.56. The minimum absolute atomic E-state index is 0.246. The van der Waals surface area contributed by atoms with Gasteiger partial charge in [-0.1, -0.05) is 48.5 Å². The average Bonchev–Trinajstić information content (AvgIpc) is 2.39.